The van der Waals surface area contributed by atoms with Crippen LogP contribution in [-0.2, 0) is 14.8 Å². The Balaban J connectivity index is 1.84. The van der Waals surface area contributed by atoms with Gasteiger partial charge in [0, 0.05) is 5.69 Å². The Morgan fingerprint density at radius 3 is 2.35 bits per heavy atom. The van der Waals surface area contributed by atoms with Crippen molar-refractivity contribution in [3.63, 3.8) is 0 Å². The molecule has 8 nitrogen and oxygen atoms in total. The highest BCUT2D eigenvalue weighted by molar-refractivity contribution is 7.92. The predicted octanol–water partition coefficient (Wildman–Crippen LogP) is 1.55. The second-order valence-corrected chi connectivity index (χ2v) is 7.08. The van der Waals surface area contributed by atoms with Crippen molar-refractivity contribution in [1.82, 2.24) is 5.32 Å². The number of hydrogen-bond donors (Lipinski definition) is 2. The van der Waals surface area contributed by atoms with Crippen LogP contribution in [0.3, 0.4) is 0 Å². The van der Waals surface area contributed by atoms with Crippen LogP contribution in [0.2, 0.25) is 0 Å². The molecule has 0 unspecified atom stereocenters. The molecular weight excluding hydrogens is 360 g/mol. The van der Waals surface area contributed by atoms with Gasteiger partial charge in [0.25, 0.3) is 21.8 Å². The molecular formula is C17H14N2O6S. The number of nitrogens with one attached hydrogen (secondary N) is 2. The quantitative estimate of drug-likeness (QED) is 0.605. The Hall–Kier alpha value is -3.20. The highest BCUT2D eigenvalue weighted by atomic mass is 32.2. The van der Waals surface area contributed by atoms with E-state index in [0.29, 0.717) is 5.56 Å². The first-order valence-electron chi connectivity index (χ1n) is 7.61. The van der Waals surface area contributed by atoms with Gasteiger partial charge >= 0.3 is 5.97 Å². The summed E-state index contributed by atoms with van der Waals surface area (Å²) in [6.07, 6.45) is 0. The summed E-state index contributed by atoms with van der Waals surface area (Å²) in [6, 6.07) is 9.39. The highest BCUT2D eigenvalue weighted by Gasteiger charge is 2.28. The number of amides is 2. The highest BCUT2D eigenvalue weighted by Crippen LogP contribution is 2.22. The van der Waals surface area contributed by atoms with Gasteiger partial charge < -0.3 is 4.74 Å². The summed E-state index contributed by atoms with van der Waals surface area (Å²) in [5, 5.41) is 2.10. The molecule has 0 radical (unpaired) electrons. The monoisotopic (exact) mass is 374 g/mol. The van der Waals surface area contributed by atoms with Gasteiger partial charge in [-0.1, -0.05) is 0 Å². The van der Waals surface area contributed by atoms with E-state index in [1.54, 1.807) is 6.92 Å². The molecule has 0 fully saturated rings. The van der Waals surface area contributed by atoms with Crippen LogP contribution in [0.4, 0.5) is 5.69 Å². The van der Waals surface area contributed by atoms with E-state index >= 15 is 0 Å². The second-order valence-electron chi connectivity index (χ2n) is 5.39. The molecule has 3 rings (SSSR count). The number of carbonyl (C=O) groups excluding carboxylic acids is 3. The lowest BCUT2D eigenvalue weighted by atomic mass is 10.1. The van der Waals surface area contributed by atoms with E-state index in [4.69, 9.17) is 4.74 Å². The largest absolute Gasteiger partial charge is 0.462 e. The molecule has 0 saturated carbocycles. The van der Waals surface area contributed by atoms with Gasteiger partial charge in [-0.2, -0.15) is 0 Å². The van der Waals surface area contributed by atoms with E-state index < -0.39 is 27.8 Å². The molecule has 2 N–H and O–H groups in total. The third-order valence-corrected chi connectivity index (χ3v) is 5.04. The van der Waals surface area contributed by atoms with Crippen LogP contribution in [0, 0.1) is 0 Å². The van der Waals surface area contributed by atoms with Crippen LogP contribution in [0.5, 0.6) is 0 Å². The smallest absolute Gasteiger partial charge is 0.338 e. The lowest BCUT2D eigenvalue weighted by Crippen LogP contribution is -2.19. The molecule has 1 heterocycles. The molecule has 9 heteroatoms. The topological polar surface area (TPSA) is 119 Å². The predicted molar refractivity (Wildman–Crippen MR) is 91.4 cm³/mol. The van der Waals surface area contributed by atoms with E-state index in [1.165, 1.54) is 36.4 Å². The Labute approximate surface area is 149 Å². The van der Waals surface area contributed by atoms with Crippen molar-refractivity contribution in [3.8, 4) is 0 Å². The molecule has 1 aliphatic rings. The summed E-state index contributed by atoms with van der Waals surface area (Å²) in [5.74, 6) is -1.70. The SMILES string of the molecule is CCOC(=O)c1ccc(NS(=O)(=O)c2ccc3c(c2)C(=O)NC3=O)cc1. The summed E-state index contributed by atoms with van der Waals surface area (Å²) >= 11 is 0. The van der Waals surface area contributed by atoms with Crippen LogP contribution >= 0.6 is 0 Å². The first kappa shape index (κ1) is 17.6. The fraction of sp³-hybridized carbons (Fsp3) is 0.118. The minimum absolute atomic E-state index is 0.00975. The van der Waals surface area contributed by atoms with Crippen LogP contribution in [0.25, 0.3) is 0 Å². The minimum Gasteiger partial charge on any atom is -0.462 e. The maximum absolute atomic E-state index is 12.5. The van der Waals surface area contributed by atoms with Crippen molar-refractivity contribution in [1.29, 1.82) is 0 Å². The van der Waals surface area contributed by atoms with Crippen molar-refractivity contribution in [2.45, 2.75) is 11.8 Å². The molecule has 0 spiro atoms. The molecule has 0 bridgehead atoms. The average Bonchev–Trinajstić information content (AvgIpc) is 2.89. The van der Waals surface area contributed by atoms with E-state index in [9.17, 15) is 22.8 Å². The van der Waals surface area contributed by atoms with E-state index in [1.807, 2.05) is 0 Å². The summed E-state index contributed by atoms with van der Waals surface area (Å²) in [5.41, 5.74) is 0.671. The fourth-order valence-corrected chi connectivity index (χ4v) is 3.50. The molecule has 2 aromatic rings. The van der Waals surface area contributed by atoms with Gasteiger partial charge in [-0.15, -0.1) is 0 Å². The molecule has 26 heavy (non-hydrogen) atoms. The molecule has 134 valence electrons. The maximum Gasteiger partial charge on any atom is 0.338 e. The van der Waals surface area contributed by atoms with Gasteiger partial charge in [-0.3, -0.25) is 19.6 Å². The van der Waals surface area contributed by atoms with Crippen molar-refractivity contribution in [2.24, 2.45) is 0 Å². The summed E-state index contributed by atoms with van der Waals surface area (Å²) < 4.78 is 32.2. The number of ether oxygens (including phenoxy) is 1. The van der Waals surface area contributed by atoms with Gasteiger partial charge in [-0.25, -0.2) is 13.2 Å². The molecule has 0 aliphatic carbocycles. The van der Waals surface area contributed by atoms with Crippen molar-refractivity contribution in [3.05, 3.63) is 59.2 Å². The fourth-order valence-electron chi connectivity index (χ4n) is 2.42. The molecule has 2 amide bonds. The first-order chi connectivity index (χ1) is 12.3. The number of anilines is 1. The number of carbonyl (C=O) groups is 3. The van der Waals surface area contributed by atoms with E-state index in [0.717, 1.165) is 6.07 Å². The van der Waals surface area contributed by atoms with Gasteiger partial charge in [0.1, 0.15) is 0 Å². The minimum atomic E-state index is -3.98. The number of imide groups is 1. The lowest BCUT2D eigenvalue weighted by molar-refractivity contribution is 0.0526. The third kappa shape index (κ3) is 3.29. The zero-order valence-corrected chi connectivity index (χ0v) is 14.4. The lowest BCUT2D eigenvalue weighted by Gasteiger charge is -2.09. The van der Waals surface area contributed by atoms with Gasteiger partial charge in [0.2, 0.25) is 0 Å². The number of hydrogen-bond acceptors (Lipinski definition) is 6. The maximum atomic E-state index is 12.5. The number of fused-ring (bicyclic) bond motifs is 1. The van der Waals surface area contributed by atoms with Crippen LogP contribution in [0.1, 0.15) is 38.0 Å². The zero-order valence-electron chi connectivity index (χ0n) is 13.6. The second kappa shape index (κ2) is 6.60. The molecule has 2 aromatic carbocycles. The Bertz CT molecular complexity index is 1010. The summed E-state index contributed by atoms with van der Waals surface area (Å²) in [6.45, 7) is 1.92. The first-order valence-corrected chi connectivity index (χ1v) is 9.10. The number of esters is 1. The molecule has 0 saturated heterocycles. The van der Waals surface area contributed by atoms with Crippen LogP contribution in [0.15, 0.2) is 47.4 Å². The third-order valence-electron chi connectivity index (χ3n) is 3.67. The standard InChI is InChI=1S/C17H14N2O6S/c1-2-25-17(22)10-3-5-11(6-4-10)19-26(23,24)12-7-8-13-14(9-12)16(21)18-15(13)20/h3-9,19H,2H2,1H3,(H,18,20,21). The normalized spacial score (nSPS) is 13.1. The van der Waals surface area contributed by atoms with Gasteiger partial charge in [-0.05, 0) is 49.4 Å². The van der Waals surface area contributed by atoms with E-state index in [-0.39, 0.29) is 28.3 Å². The number of sulfonamides is 1. The Morgan fingerprint density at radius 1 is 1.04 bits per heavy atom. The number of rotatable bonds is 5. The van der Waals surface area contributed by atoms with Crippen LogP contribution in [-0.4, -0.2) is 32.8 Å². The summed E-state index contributed by atoms with van der Waals surface area (Å²) in [4.78, 5) is 34.6. The molecule has 1 aliphatic heterocycles. The molecule has 0 aromatic heterocycles. The number of benzene rings is 2. The van der Waals surface area contributed by atoms with Gasteiger partial charge in [0.05, 0.1) is 28.2 Å². The van der Waals surface area contributed by atoms with Crippen molar-refractivity contribution in [2.75, 3.05) is 11.3 Å². The van der Waals surface area contributed by atoms with Gasteiger partial charge in [0.15, 0.2) is 0 Å². The summed E-state index contributed by atoms with van der Waals surface area (Å²) in [7, 11) is -3.98. The Morgan fingerprint density at radius 2 is 1.69 bits per heavy atom. The Kier molecular flexibility index (Phi) is 4.47. The van der Waals surface area contributed by atoms with Crippen LogP contribution < -0.4 is 10.0 Å². The van der Waals surface area contributed by atoms with Crippen molar-refractivity contribution >= 4 is 33.5 Å². The van der Waals surface area contributed by atoms with Crippen molar-refractivity contribution < 1.29 is 27.5 Å². The average molecular weight is 374 g/mol. The zero-order chi connectivity index (χ0) is 18.9. The van der Waals surface area contributed by atoms with E-state index in [2.05, 4.69) is 10.0 Å². The molecule has 0 atom stereocenters.